The lowest BCUT2D eigenvalue weighted by Crippen LogP contribution is -2.35. The van der Waals surface area contributed by atoms with Gasteiger partial charge in [-0.25, -0.2) is 4.39 Å². The predicted molar refractivity (Wildman–Crippen MR) is 41.7 cm³/mol. The van der Waals surface area contributed by atoms with Gasteiger partial charge in [0.05, 0.1) is 0 Å². The number of ether oxygens (including phenoxy) is 1. The van der Waals surface area contributed by atoms with Crippen molar-refractivity contribution in [2.75, 3.05) is 0 Å². The molecule has 84 valence electrons. The van der Waals surface area contributed by atoms with Gasteiger partial charge in [-0.05, 0) is 6.07 Å². The van der Waals surface area contributed by atoms with Crippen LogP contribution in [-0.2, 0) is 0 Å². The van der Waals surface area contributed by atoms with Crippen molar-refractivity contribution in [1.82, 2.24) is 0 Å². The summed E-state index contributed by atoms with van der Waals surface area (Å²) in [5.74, 6) is -2.27. The van der Waals surface area contributed by atoms with Gasteiger partial charge in [-0.3, -0.25) is 0 Å². The molecule has 1 aromatic carbocycles. The van der Waals surface area contributed by atoms with Crippen LogP contribution in [0, 0.1) is 5.82 Å². The van der Waals surface area contributed by atoms with Crippen LogP contribution in [0.1, 0.15) is 0 Å². The quantitative estimate of drug-likeness (QED) is 0.571. The lowest BCUT2D eigenvalue weighted by molar-refractivity contribution is -0.0494. The lowest BCUT2D eigenvalue weighted by atomic mass is 9.79. The zero-order valence-corrected chi connectivity index (χ0v) is 7.06. The highest BCUT2D eigenvalue weighted by Gasteiger charge is 2.30. The Bertz CT molecular complexity index is 350. The van der Waals surface area contributed by atoms with Gasteiger partial charge < -0.3 is 17.7 Å². The first-order chi connectivity index (χ1) is 6.80. The van der Waals surface area contributed by atoms with E-state index < -0.39 is 30.6 Å². The third kappa shape index (κ3) is 3.07. The third-order valence-electron chi connectivity index (χ3n) is 1.54. The summed E-state index contributed by atoms with van der Waals surface area (Å²) in [6.45, 7) is -8.93. The molecule has 15 heavy (non-hydrogen) atoms. The fourth-order valence-corrected chi connectivity index (χ4v) is 0.977. The molecule has 0 N–H and O–H groups in total. The number of rotatable bonds is 3. The second-order valence-electron chi connectivity index (χ2n) is 2.64. The minimum Gasteiger partial charge on any atom is -0.445 e. The molecule has 1 aromatic rings. The maximum absolute atomic E-state index is 12.5. The van der Waals surface area contributed by atoms with Crippen LogP contribution >= 0.6 is 0 Å². The van der Waals surface area contributed by atoms with E-state index in [1.54, 1.807) is 0 Å². The summed E-state index contributed by atoms with van der Waals surface area (Å²) in [6, 6.07) is 1.17. The molecule has 0 atom stereocenters. The van der Waals surface area contributed by atoms with E-state index in [4.69, 9.17) is 0 Å². The van der Waals surface area contributed by atoms with Crippen molar-refractivity contribution in [3.8, 4) is 5.75 Å². The summed E-state index contributed by atoms with van der Waals surface area (Å²) in [5, 5.41) is 0. The van der Waals surface area contributed by atoms with Crippen molar-refractivity contribution in [3.05, 3.63) is 24.0 Å². The van der Waals surface area contributed by atoms with Crippen LogP contribution in [0.25, 0.3) is 0 Å². The molecule has 0 spiro atoms. The van der Waals surface area contributed by atoms with Gasteiger partial charge in [0, 0.05) is 6.07 Å². The number of halogens is 6. The smallest absolute Gasteiger partial charge is 0.445 e. The van der Waals surface area contributed by atoms with E-state index in [9.17, 15) is 26.1 Å². The maximum atomic E-state index is 12.5. The minimum absolute atomic E-state index is 0.275. The fourth-order valence-electron chi connectivity index (χ4n) is 0.977. The zero-order chi connectivity index (χ0) is 11.6. The number of hydrogen-bond donors (Lipinski definition) is 0. The van der Waals surface area contributed by atoms with Gasteiger partial charge in [0.15, 0.2) is 0 Å². The van der Waals surface area contributed by atoms with Crippen molar-refractivity contribution in [3.63, 3.8) is 0 Å². The Morgan fingerprint density at radius 3 is 2.20 bits per heavy atom. The summed E-state index contributed by atoms with van der Waals surface area (Å²) in [6.07, 6.45) is 0. The summed E-state index contributed by atoms with van der Waals surface area (Å²) in [4.78, 5) is 0. The van der Waals surface area contributed by atoms with E-state index in [1.807, 2.05) is 0 Å². The largest absolute Gasteiger partial charge is 0.513 e. The number of hydrogen-bond acceptors (Lipinski definition) is 1. The number of alkyl halides is 2. The van der Waals surface area contributed by atoms with Crippen LogP contribution in [-0.4, -0.2) is 13.6 Å². The van der Waals surface area contributed by atoms with Crippen LogP contribution in [0.5, 0.6) is 5.75 Å². The summed E-state index contributed by atoms with van der Waals surface area (Å²) < 4.78 is 76.2. The number of benzene rings is 1. The zero-order valence-electron chi connectivity index (χ0n) is 7.06. The minimum atomic E-state index is -5.51. The second-order valence-corrected chi connectivity index (χ2v) is 2.64. The molecule has 0 saturated carbocycles. The van der Waals surface area contributed by atoms with E-state index in [2.05, 4.69) is 4.74 Å². The standard InChI is InChI=1S/C7H4BF6O/c9-4-1-2-5(8(12,13)14)6(3-4)15-7(10)11/h1-3,7H/q-1. The van der Waals surface area contributed by atoms with Crippen molar-refractivity contribution in [1.29, 1.82) is 0 Å². The van der Waals surface area contributed by atoms with E-state index in [0.717, 1.165) is 0 Å². The van der Waals surface area contributed by atoms with Gasteiger partial charge >= 0.3 is 13.6 Å². The maximum Gasteiger partial charge on any atom is 0.513 e. The van der Waals surface area contributed by atoms with E-state index in [0.29, 0.717) is 12.1 Å². The normalized spacial score (nSPS) is 11.9. The molecule has 0 aliphatic heterocycles. The van der Waals surface area contributed by atoms with Crippen LogP contribution in [0.4, 0.5) is 26.1 Å². The molecular weight excluding hydrogens is 225 g/mol. The Balaban J connectivity index is 3.15. The van der Waals surface area contributed by atoms with Crippen molar-refractivity contribution in [2.24, 2.45) is 0 Å². The highest BCUT2D eigenvalue weighted by molar-refractivity contribution is 6.74. The highest BCUT2D eigenvalue weighted by Crippen LogP contribution is 2.20. The molecule has 0 fully saturated rings. The van der Waals surface area contributed by atoms with Crippen molar-refractivity contribution in [2.45, 2.75) is 6.61 Å². The van der Waals surface area contributed by atoms with Crippen molar-refractivity contribution >= 4 is 12.4 Å². The molecule has 0 saturated heterocycles. The van der Waals surface area contributed by atoms with Gasteiger partial charge in [0.2, 0.25) is 0 Å². The summed E-state index contributed by atoms with van der Waals surface area (Å²) in [7, 11) is 0. The molecule has 0 unspecified atom stereocenters. The first kappa shape index (κ1) is 11.7. The van der Waals surface area contributed by atoms with Crippen LogP contribution < -0.4 is 10.2 Å². The molecular formula is C7H4BF6O-. The average Bonchev–Trinajstić information content (AvgIpc) is 1.99. The van der Waals surface area contributed by atoms with E-state index in [1.165, 1.54) is 0 Å². The first-order valence-corrected chi connectivity index (χ1v) is 3.75. The summed E-state index contributed by atoms with van der Waals surface area (Å²) in [5.41, 5.74) is -1.38. The molecule has 0 heterocycles. The average molecular weight is 229 g/mol. The summed E-state index contributed by atoms with van der Waals surface area (Å²) >= 11 is 0. The Kier molecular flexibility index (Phi) is 3.16. The predicted octanol–water partition coefficient (Wildman–Crippen LogP) is 2.48. The Hall–Kier alpha value is -1.34. The van der Waals surface area contributed by atoms with Crippen LogP contribution in [0.15, 0.2) is 18.2 Å². The van der Waals surface area contributed by atoms with Gasteiger partial charge in [-0.2, -0.15) is 8.78 Å². The molecule has 0 aromatic heterocycles. The van der Waals surface area contributed by atoms with Crippen LogP contribution in [0.2, 0.25) is 0 Å². The van der Waals surface area contributed by atoms with Gasteiger partial charge in [0.1, 0.15) is 11.6 Å². The topological polar surface area (TPSA) is 9.23 Å². The lowest BCUT2D eigenvalue weighted by Gasteiger charge is -2.19. The van der Waals surface area contributed by atoms with Gasteiger partial charge in [-0.15, -0.1) is 0 Å². The van der Waals surface area contributed by atoms with Gasteiger partial charge in [-0.1, -0.05) is 11.5 Å². The molecule has 0 aliphatic carbocycles. The van der Waals surface area contributed by atoms with Crippen LogP contribution in [0.3, 0.4) is 0 Å². The Morgan fingerprint density at radius 1 is 1.13 bits per heavy atom. The molecule has 0 bridgehead atoms. The Morgan fingerprint density at radius 2 is 1.73 bits per heavy atom. The molecule has 1 rings (SSSR count). The second kappa shape index (κ2) is 4.04. The Labute approximate surface area is 80.7 Å². The fraction of sp³-hybridized carbons (Fsp3) is 0.143. The van der Waals surface area contributed by atoms with Crippen molar-refractivity contribution < 1.29 is 30.9 Å². The first-order valence-electron chi connectivity index (χ1n) is 3.75. The van der Waals surface area contributed by atoms with Gasteiger partial charge in [0.25, 0.3) is 0 Å². The highest BCUT2D eigenvalue weighted by atomic mass is 19.4. The molecule has 0 radical (unpaired) electrons. The molecule has 0 amide bonds. The monoisotopic (exact) mass is 229 g/mol. The van der Waals surface area contributed by atoms with E-state index in [-0.39, 0.29) is 6.07 Å². The molecule has 0 aliphatic rings. The third-order valence-corrected chi connectivity index (χ3v) is 1.54. The van der Waals surface area contributed by atoms with E-state index >= 15 is 0 Å². The molecule has 8 heteroatoms. The molecule has 1 nitrogen and oxygen atoms in total. The SMILES string of the molecule is Fc1ccc([B-](F)(F)F)c(OC(F)F)c1.